The number of rotatable bonds is 5. The van der Waals surface area contributed by atoms with Gasteiger partial charge in [-0.25, -0.2) is 0 Å². The number of benzene rings is 1. The second-order valence-corrected chi connectivity index (χ2v) is 7.08. The number of hydrogen-bond acceptors (Lipinski definition) is 4. The molecule has 25 heavy (non-hydrogen) atoms. The van der Waals surface area contributed by atoms with Crippen molar-refractivity contribution >= 4 is 17.5 Å². The highest BCUT2D eigenvalue weighted by molar-refractivity contribution is 6.04. The highest BCUT2D eigenvalue weighted by Crippen LogP contribution is 2.20. The van der Waals surface area contributed by atoms with E-state index in [1.54, 1.807) is 18.2 Å². The van der Waals surface area contributed by atoms with E-state index in [1.165, 1.54) is 0 Å². The van der Waals surface area contributed by atoms with Gasteiger partial charge in [-0.15, -0.1) is 0 Å². The third-order valence-electron chi connectivity index (χ3n) is 4.98. The Balaban J connectivity index is 1.59. The molecule has 0 bridgehead atoms. The molecule has 2 aliphatic rings. The minimum Gasteiger partial charge on any atom is -0.392 e. The lowest BCUT2D eigenvalue weighted by molar-refractivity contribution is -0.118. The van der Waals surface area contributed by atoms with E-state index in [1.807, 2.05) is 11.0 Å². The second kappa shape index (κ2) is 8.45. The van der Waals surface area contributed by atoms with E-state index in [4.69, 9.17) is 0 Å². The maximum absolute atomic E-state index is 12.5. The zero-order valence-electron chi connectivity index (χ0n) is 14.5. The molecule has 3 rings (SSSR count). The molecular formula is C19H27N3O3. The summed E-state index contributed by atoms with van der Waals surface area (Å²) in [5.74, 6) is -0.286. The van der Waals surface area contributed by atoms with Crippen molar-refractivity contribution in [2.24, 2.45) is 0 Å². The number of para-hydroxylation sites is 1. The Hall–Kier alpha value is -1.92. The Labute approximate surface area is 148 Å². The van der Waals surface area contributed by atoms with Crippen LogP contribution in [-0.2, 0) is 4.79 Å². The molecule has 0 radical (unpaired) electrons. The van der Waals surface area contributed by atoms with E-state index in [-0.39, 0.29) is 30.5 Å². The first-order chi connectivity index (χ1) is 12.1. The first-order valence-corrected chi connectivity index (χ1v) is 9.22. The number of aliphatic hydroxyl groups is 1. The van der Waals surface area contributed by atoms with Gasteiger partial charge in [-0.3, -0.25) is 14.5 Å². The van der Waals surface area contributed by atoms with Crippen molar-refractivity contribution in [1.29, 1.82) is 0 Å². The normalized spacial score (nSPS) is 21.9. The number of piperidine rings is 1. The van der Waals surface area contributed by atoms with Gasteiger partial charge in [0.05, 0.1) is 23.9 Å². The monoisotopic (exact) mass is 345 g/mol. The Morgan fingerprint density at radius 2 is 1.88 bits per heavy atom. The number of nitrogens with one attached hydrogen (secondary N) is 2. The molecule has 0 unspecified atom stereocenters. The van der Waals surface area contributed by atoms with Crippen molar-refractivity contribution < 1.29 is 14.7 Å². The Morgan fingerprint density at radius 1 is 1.12 bits per heavy atom. The highest BCUT2D eigenvalue weighted by Gasteiger charge is 2.22. The molecule has 3 N–H and O–H groups in total. The fourth-order valence-corrected chi connectivity index (χ4v) is 3.69. The zero-order chi connectivity index (χ0) is 17.6. The molecule has 0 spiro atoms. The minimum atomic E-state index is -0.356. The summed E-state index contributed by atoms with van der Waals surface area (Å²) in [5.41, 5.74) is 1.04. The van der Waals surface area contributed by atoms with Gasteiger partial charge in [-0.2, -0.15) is 0 Å². The number of carbonyl (C=O) groups is 2. The Bertz CT molecular complexity index is 614. The first-order valence-electron chi connectivity index (χ1n) is 9.22. The molecule has 6 nitrogen and oxygen atoms in total. The van der Waals surface area contributed by atoms with Crippen molar-refractivity contribution in [3.05, 3.63) is 29.8 Å². The molecule has 0 aromatic heterocycles. The summed E-state index contributed by atoms with van der Waals surface area (Å²) in [6.45, 7) is 1.57. The average Bonchev–Trinajstić information content (AvgIpc) is 3.08. The maximum atomic E-state index is 12.5. The van der Waals surface area contributed by atoms with Crippen LogP contribution in [0.25, 0.3) is 0 Å². The Kier molecular flexibility index (Phi) is 6.04. The number of amides is 2. The summed E-state index contributed by atoms with van der Waals surface area (Å²) in [6.07, 6.45) is 5.70. The van der Waals surface area contributed by atoms with Crippen LogP contribution in [0.4, 0.5) is 5.69 Å². The molecule has 1 aromatic rings. The van der Waals surface area contributed by atoms with Crippen LogP contribution in [0.1, 0.15) is 48.9 Å². The van der Waals surface area contributed by atoms with E-state index in [0.29, 0.717) is 17.8 Å². The third kappa shape index (κ3) is 5.03. The molecule has 1 atom stereocenters. The molecule has 1 aliphatic carbocycles. The summed E-state index contributed by atoms with van der Waals surface area (Å²) >= 11 is 0. The Morgan fingerprint density at radius 3 is 2.64 bits per heavy atom. The second-order valence-electron chi connectivity index (χ2n) is 7.08. The summed E-state index contributed by atoms with van der Waals surface area (Å²) < 4.78 is 0. The summed E-state index contributed by atoms with van der Waals surface area (Å²) in [5, 5.41) is 15.6. The van der Waals surface area contributed by atoms with Crippen molar-refractivity contribution in [2.45, 2.75) is 50.7 Å². The maximum Gasteiger partial charge on any atom is 0.253 e. The molecular weight excluding hydrogens is 318 g/mol. The van der Waals surface area contributed by atoms with Crippen LogP contribution in [0.3, 0.4) is 0 Å². The minimum absolute atomic E-state index is 0.129. The van der Waals surface area contributed by atoms with Gasteiger partial charge < -0.3 is 15.7 Å². The first kappa shape index (κ1) is 17.9. The van der Waals surface area contributed by atoms with Crippen LogP contribution in [0.5, 0.6) is 0 Å². The SMILES string of the molecule is O=C(CN1CCC[C@@H](O)C1)Nc1ccccc1C(=O)NC1CCCC1. The number of nitrogens with zero attached hydrogens (tertiary/aromatic N) is 1. The molecule has 1 saturated heterocycles. The van der Waals surface area contributed by atoms with Gasteiger partial charge in [0.15, 0.2) is 0 Å². The lowest BCUT2D eigenvalue weighted by Gasteiger charge is -2.29. The van der Waals surface area contributed by atoms with Gasteiger partial charge in [0.25, 0.3) is 5.91 Å². The molecule has 6 heteroatoms. The average molecular weight is 345 g/mol. The fourth-order valence-electron chi connectivity index (χ4n) is 3.69. The van der Waals surface area contributed by atoms with Gasteiger partial charge in [-0.1, -0.05) is 25.0 Å². The lowest BCUT2D eigenvalue weighted by atomic mass is 10.1. The third-order valence-corrected chi connectivity index (χ3v) is 4.98. The van der Waals surface area contributed by atoms with Crippen molar-refractivity contribution in [2.75, 3.05) is 25.0 Å². The fraction of sp³-hybridized carbons (Fsp3) is 0.579. The van der Waals surface area contributed by atoms with Crippen LogP contribution in [0, 0.1) is 0 Å². The molecule has 2 amide bonds. The molecule has 136 valence electrons. The van der Waals surface area contributed by atoms with Gasteiger partial charge in [0.1, 0.15) is 0 Å². The number of carbonyl (C=O) groups excluding carboxylic acids is 2. The predicted molar refractivity (Wildman–Crippen MR) is 96.5 cm³/mol. The van der Waals surface area contributed by atoms with Crippen molar-refractivity contribution in [1.82, 2.24) is 10.2 Å². The van der Waals surface area contributed by atoms with Crippen LogP contribution in [0.2, 0.25) is 0 Å². The highest BCUT2D eigenvalue weighted by atomic mass is 16.3. The lowest BCUT2D eigenvalue weighted by Crippen LogP contribution is -2.42. The molecule has 1 aromatic carbocycles. The zero-order valence-corrected chi connectivity index (χ0v) is 14.5. The molecule has 1 aliphatic heterocycles. The smallest absolute Gasteiger partial charge is 0.253 e. The van der Waals surface area contributed by atoms with Crippen LogP contribution < -0.4 is 10.6 Å². The number of hydrogen-bond donors (Lipinski definition) is 3. The van der Waals surface area contributed by atoms with E-state index in [2.05, 4.69) is 10.6 Å². The van der Waals surface area contributed by atoms with Crippen LogP contribution >= 0.6 is 0 Å². The summed E-state index contributed by atoms with van der Waals surface area (Å²) in [7, 11) is 0. The van der Waals surface area contributed by atoms with Gasteiger partial charge >= 0.3 is 0 Å². The van der Waals surface area contributed by atoms with Crippen molar-refractivity contribution in [3.8, 4) is 0 Å². The molecule has 1 saturated carbocycles. The summed E-state index contributed by atoms with van der Waals surface area (Å²) in [4.78, 5) is 26.8. The van der Waals surface area contributed by atoms with E-state index < -0.39 is 0 Å². The number of aliphatic hydroxyl groups excluding tert-OH is 1. The van der Waals surface area contributed by atoms with Crippen LogP contribution in [-0.4, -0.2) is 53.6 Å². The largest absolute Gasteiger partial charge is 0.392 e. The number of β-amino-alcohol motifs (C(OH)–C–C–N with tert-alkyl or cyclic N) is 1. The van der Waals surface area contributed by atoms with Gasteiger partial charge in [-0.05, 0) is 44.4 Å². The summed E-state index contributed by atoms with van der Waals surface area (Å²) in [6, 6.07) is 7.36. The van der Waals surface area contributed by atoms with Gasteiger partial charge in [0.2, 0.25) is 5.91 Å². The molecule has 1 heterocycles. The van der Waals surface area contributed by atoms with E-state index >= 15 is 0 Å². The number of likely N-dealkylation sites (tertiary alicyclic amines) is 1. The topological polar surface area (TPSA) is 81.7 Å². The number of anilines is 1. The van der Waals surface area contributed by atoms with Crippen LogP contribution in [0.15, 0.2) is 24.3 Å². The van der Waals surface area contributed by atoms with Crippen molar-refractivity contribution in [3.63, 3.8) is 0 Å². The van der Waals surface area contributed by atoms with E-state index in [9.17, 15) is 14.7 Å². The van der Waals surface area contributed by atoms with Gasteiger partial charge in [0, 0.05) is 12.6 Å². The predicted octanol–water partition coefficient (Wildman–Crippen LogP) is 1.75. The standard InChI is InChI=1S/C19H27N3O3/c23-15-8-5-11-22(12-15)13-18(24)21-17-10-4-3-9-16(17)19(25)20-14-6-1-2-7-14/h3-4,9-10,14-15,23H,1-2,5-8,11-13H2,(H,20,25)(H,21,24)/t15-/m1/s1. The molecule has 2 fully saturated rings. The quantitative estimate of drug-likeness (QED) is 0.759. The van der Waals surface area contributed by atoms with E-state index in [0.717, 1.165) is 45.1 Å².